The van der Waals surface area contributed by atoms with Gasteiger partial charge >= 0.3 is 0 Å². The van der Waals surface area contributed by atoms with Crippen LogP contribution in [0, 0.1) is 0 Å². The van der Waals surface area contributed by atoms with Gasteiger partial charge in [-0.05, 0) is 31.2 Å². The quantitative estimate of drug-likeness (QED) is 0.561. The van der Waals surface area contributed by atoms with Crippen LogP contribution in [0.1, 0.15) is 12.5 Å². The lowest BCUT2D eigenvalue weighted by Crippen LogP contribution is -2.23. The molecule has 1 aromatic heterocycles. The Labute approximate surface area is 148 Å². The van der Waals surface area contributed by atoms with Gasteiger partial charge in [-0.2, -0.15) is 5.10 Å². The number of rotatable bonds is 4. The fourth-order valence-corrected chi connectivity index (χ4v) is 2.83. The number of benzene rings is 2. The molecule has 0 saturated heterocycles. The molecule has 5 nitrogen and oxygen atoms in total. The van der Waals surface area contributed by atoms with Crippen molar-refractivity contribution in [1.82, 2.24) is 9.55 Å². The molecule has 0 amide bonds. The van der Waals surface area contributed by atoms with E-state index in [4.69, 9.17) is 23.2 Å². The first kappa shape index (κ1) is 16.5. The Morgan fingerprint density at radius 1 is 1.17 bits per heavy atom. The van der Waals surface area contributed by atoms with Crippen LogP contribution in [0.2, 0.25) is 10.0 Å². The van der Waals surface area contributed by atoms with Gasteiger partial charge in [0.1, 0.15) is 0 Å². The monoisotopic (exact) mass is 360 g/mol. The SMILES string of the molecule is CCn1c(N/N=C\c2c(Cl)cccc2Cl)nc2ccccc2c1=O. The van der Waals surface area contributed by atoms with Crippen molar-refractivity contribution in [3.05, 3.63) is 68.4 Å². The zero-order chi connectivity index (χ0) is 17.1. The van der Waals surface area contributed by atoms with E-state index in [-0.39, 0.29) is 5.56 Å². The van der Waals surface area contributed by atoms with E-state index in [0.29, 0.717) is 39.0 Å². The Hall–Kier alpha value is -2.37. The Kier molecular flexibility index (Phi) is 4.83. The highest BCUT2D eigenvalue weighted by atomic mass is 35.5. The third-order valence-corrected chi connectivity index (χ3v) is 4.19. The first-order chi connectivity index (χ1) is 11.6. The van der Waals surface area contributed by atoms with Gasteiger partial charge in [0.05, 0.1) is 27.2 Å². The molecule has 0 aliphatic rings. The highest BCUT2D eigenvalue weighted by Gasteiger charge is 2.09. The maximum Gasteiger partial charge on any atom is 0.262 e. The summed E-state index contributed by atoms with van der Waals surface area (Å²) in [4.78, 5) is 17.0. The molecule has 3 aromatic rings. The summed E-state index contributed by atoms with van der Waals surface area (Å²) in [6.45, 7) is 2.35. The zero-order valence-corrected chi connectivity index (χ0v) is 14.3. The number of hydrogen-bond acceptors (Lipinski definition) is 4. The zero-order valence-electron chi connectivity index (χ0n) is 12.8. The van der Waals surface area contributed by atoms with Crippen LogP contribution < -0.4 is 11.0 Å². The van der Waals surface area contributed by atoms with Crippen molar-refractivity contribution in [3.8, 4) is 0 Å². The summed E-state index contributed by atoms with van der Waals surface area (Å²) < 4.78 is 1.52. The summed E-state index contributed by atoms with van der Waals surface area (Å²) in [5, 5.41) is 5.68. The first-order valence-electron chi connectivity index (χ1n) is 7.34. The van der Waals surface area contributed by atoms with Gasteiger partial charge in [0, 0.05) is 12.1 Å². The van der Waals surface area contributed by atoms with E-state index in [1.165, 1.54) is 10.8 Å². The van der Waals surface area contributed by atoms with E-state index in [2.05, 4.69) is 15.5 Å². The molecule has 0 fully saturated rings. The minimum absolute atomic E-state index is 0.114. The minimum Gasteiger partial charge on any atom is -0.277 e. The average molecular weight is 361 g/mol. The molecule has 0 atom stereocenters. The van der Waals surface area contributed by atoms with Gasteiger partial charge < -0.3 is 0 Å². The molecule has 0 saturated carbocycles. The summed E-state index contributed by atoms with van der Waals surface area (Å²) in [7, 11) is 0. The summed E-state index contributed by atoms with van der Waals surface area (Å²) in [6, 6.07) is 12.4. The fourth-order valence-electron chi connectivity index (χ4n) is 2.34. The normalized spacial score (nSPS) is 11.3. The van der Waals surface area contributed by atoms with Crippen LogP contribution in [-0.2, 0) is 6.54 Å². The standard InChI is InChI=1S/C17H14Cl2N4O/c1-2-23-16(24)11-6-3-4-9-15(11)21-17(23)22-20-10-12-13(18)7-5-8-14(12)19/h3-10H,2H2,1H3,(H,21,22)/b20-10-. The number of halogens is 2. The van der Waals surface area contributed by atoms with Crippen molar-refractivity contribution in [2.24, 2.45) is 5.10 Å². The third-order valence-electron chi connectivity index (χ3n) is 3.54. The Morgan fingerprint density at radius 3 is 2.58 bits per heavy atom. The summed E-state index contributed by atoms with van der Waals surface area (Å²) in [5.41, 5.74) is 3.90. The molecule has 0 unspecified atom stereocenters. The van der Waals surface area contributed by atoms with Gasteiger partial charge in [0.25, 0.3) is 5.56 Å². The number of nitrogens with one attached hydrogen (secondary N) is 1. The van der Waals surface area contributed by atoms with E-state index in [9.17, 15) is 4.79 Å². The molecule has 7 heteroatoms. The van der Waals surface area contributed by atoms with E-state index in [1.807, 2.05) is 19.1 Å². The molecular formula is C17H14Cl2N4O. The van der Waals surface area contributed by atoms with Crippen molar-refractivity contribution in [3.63, 3.8) is 0 Å². The highest BCUT2D eigenvalue weighted by molar-refractivity contribution is 6.38. The Morgan fingerprint density at radius 2 is 1.88 bits per heavy atom. The lowest BCUT2D eigenvalue weighted by molar-refractivity contribution is 0.724. The van der Waals surface area contributed by atoms with E-state index < -0.39 is 0 Å². The van der Waals surface area contributed by atoms with Gasteiger partial charge in [-0.15, -0.1) is 0 Å². The maximum atomic E-state index is 12.5. The van der Waals surface area contributed by atoms with Crippen molar-refractivity contribution in [2.75, 3.05) is 5.43 Å². The summed E-state index contributed by atoms with van der Waals surface area (Å²) in [6.07, 6.45) is 1.51. The number of hydrogen-bond donors (Lipinski definition) is 1. The second-order valence-corrected chi connectivity index (χ2v) is 5.82. The summed E-state index contributed by atoms with van der Waals surface area (Å²) >= 11 is 12.2. The van der Waals surface area contributed by atoms with Crippen LogP contribution in [0.4, 0.5) is 5.95 Å². The van der Waals surface area contributed by atoms with Crippen LogP contribution in [0.25, 0.3) is 10.9 Å². The van der Waals surface area contributed by atoms with E-state index in [1.54, 1.807) is 30.3 Å². The number of anilines is 1. The van der Waals surface area contributed by atoms with Crippen LogP contribution >= 0.6 is 23.2 Å². The second kappa shape index (κ2) is 7.03. The number of aromatic nitrogens is 2. The van der Waals surface area contributed by atoms with Crippen molar-refractivity contribution < 1.29 is 0 Å². The average Bonchev–Trinajstić information content (AvgIpc) is 2.58. The number of fused-ring (bicyclic) bond motifs is 1. The van der Waals surface area contributed by atoms with Crippen molar-refractivity contribution in [2.45, 2.75) is 13.5 Å². The maximum absolute atomic E-state index is 12.5. The van der Waals surface area contributed by atoms with Crippen LogP contribution in [-0.4, -0.2) is 15.8 Å². The van der Waals surface area contributed by atoms with E-state index >= 15 is 0 Å². The lowest BCUT2D eigenvalue weighted by atomic mass is 10.2. The molecule has 2 aromatic carbocycles. The van der Waals surface area contributed by atoms with Gasteiger partial charge in [-0.1, -0.05) is 41.4 Å². The third kappa shape index (κ3) is 3.13. The first-order valence-corrected chi connectivity index (χ1v) is 8.10. The Bertz CT molecular complexity index is 962. The van der Waals surface area contributed by atoms with Crippen LogP contribution in [0.15, 0.2) is 52.4 Å². The molecule has 0 spiro atoms. The van der Waals surface area contributed by atoms with Crippen molar-refractivity contribution in [1.29, 1.82) is 0 Å². The van der Waals surface area contributed by atoms with Crippen molar-refractivity contribution >= 4 is 46.3 Å². The topological polar surface area (TPSA) is 59.3 Å². The minimum atomic E-state index is -0.114. The molecule has 1 heterocycles. The smallest absolute Gasteiger partial charge is 0.262 e. The molecule has 24 heavy (non-hydrogen) atoms. The molecule has 3 rings (SSSR count). The van der Waals surface area contributed by atoms with Crippen LogP contribution in [0.5, 0.6) is 0 Å². The molecule has 0 aliphatic heterocycles. The van der Waals surface area contributed by atoms with Crippen LogP contribution in [0.3, 0.4) is 0 Å². The number of hydrazone groups is 1. The van der Waals surface area contributed by atoms with Gasteiger partial charge in [-0.25, -0.2) is 10.4 Å². The van der Waals surface area contributed by atoms with Gasteiger partial charge in [0.2, 0.25) is 5.95 Å². The molecule has 0 aliphatic carbocycles. The Balaban J connectivity index is 1.98. The predicted octanol–water partition coefficient (Wildman–Crippen LogP) is 4.17. The van der Waals surface area contributed by atoms with Gasteiger partial charge in [-0.3, -0.25) is 9.36 Å². The fraction of sp³-hybridized carbons (Fsp3) is 0.118. The molecule has 122 valence electrons. The highest BCUT2D eigenvalue weighted by Crippen LogP contribution is 2.22. The second-order valence-electron chi connectivity index (χ2n) is 5.01. The molecule has 0 radical (unpaired) electrons. The van der Waals surface area contributed by atoms with E-state index in [0.717, 1.165) is 0 Å². The predicted molar refractivity (Wildman–Crippen MR) is 99.4 cm³/mol. The number of nitrogens with zero attached hydrogens (tertiary/aromatic N) is 3. The van der Waals surface area contributed by atoms with Gasteiger partial charge in [0.15, 0.2) is 0 Å². The summed E-state index contributed by atoms with van der Waals surface area (Å²) in [5.74, 6) is 0.362. The molecule has 0 bridgehead atoms. The number of para-hydroxylation sites is 1. The molecular weight excluding hydrogens is 347 g/mol. The largest absolute Gasteiger partial charge is 0.277 e. The lowest BCUT2D eigenvalue weighted by Gasteiger charge is -2.10. The molecule has 1 N–H and O–H groups in total.